The lowest BCUT2D eigenvalue weighted by Gasteiger charge is -2.18. The van der Waals surface area contributed by atoms with E-state index in [0.29, 0.717) is 23.6 Å². The Balaban J connectivity index is 1.58. The number of benzene rings is 2. The Bertz CT molecular complexity index is 1040. The molecule has 0 saturated heterocycles. The Morgan fingerprint density at radius 3 is 2.43 bits per heavy atom. The molecular weight excluding hydrogens is 402 g/mol. The van der Waals surface area contributed by atoms with Gasteiger partial charge in [0.05, 0.1) is 6.20 Å². The summed E-state index contributed by atoms with van der Waals surface area (Å²) in [6.07, 6.45) is 3.60. The molecule has 2 aromatic carbocycles. The highest BCUT2D eigenvalue weighted by Crippen LogP contribution is 2.22. The van der Waals surface area contributed by atoms with Gasteiger partial charge in [0.2, 0.25) is 5.91 Å². The Hall–Kier alpha value is -3.12. The summed E-state index contributed by atoms with van der Waals surface area (Å²) in [4.78, 5) is 24.3. The highest BCUT2D eigenvalue weighted by Gasteiger charge is 2.18. The van der Waals surface area contributed by atoms with E-state index in [2.05, 4.69) is 10.4 Å². The smallest absolute Gasteiger partial charge is 0.435 e. The summed E-state index contributed by atoms with van der Waals surface area (Å²) in [5.41, 5.74) is 2.71. The monoisotopic (exact) mass is 425 g/mol. The van der Waals surface area contributed by atoms with E-state index in [1.165, 1.54) is 4.68 Å². The number of aromatic nitrogens is 2. The van der Waals surface area contributed by atoms with Crippen molar-refractivity contribution in [2.45, 2.75) is 39.2 Å². The van der Waals surface area contributed by atoms with E-state index in [4.69, 9.17) is 16.3 Å². The van der Waals surface area contributed by atoms with Crippen LogP contribution in [0.3, 0.4) is 0 Å². The van der Waals surface area contributed by atoms with Crippen LogP contribution in [0.15, 0.2) is 60.9 Å². The van der Waals surface area contributed by atoms with Gasteiger partial charge in [-0.2, -0.15) is 9.78 Å². The van der Waals surface area contributed by atoms with Gasteiger partial charge in [-0.3, -0.25) is 4.79 Å². The van der Waals surface area contributed by atoms with Crippen molar-refractivity contribution in [3.63, 3.8) is 0 Å². The molecular formula is C23H24ClN3O3. The molecule has 0 unspecified atom stereocenters. The quantitative estimate of drug-likeness (QED) is 0.580. The number of carbonyl (C=O) groups excluding carboxylic acids is 2. The summed E-state index contributed by atoms with van der Waals surface area (Å²) in [6.45, 7) is 5.41. The number of anilines is 1. The normalized spacial score (nSPS) is 11.2. The van der Waals surface area contributed by atoms with E-state index in [9.17, 15) is 9.59 Å². The standard InChI is InChI=1S/C23H24ClN3O3/c1-23(2,3)30-22(29)27-15-18(14-25-27)16-8-11-19(12-9-16)26-21(28)13-10-17-6-4-5-7-20(17)24/h4-9,11-12,14-15H,10,13H2,1-3H3,(H,26,28). The predicted molar refractivity (Wildman–Crippen MR) is 118 cm³/mol. The topological polar surface area (TPSA) is 73.2 Å². The zero-order valence-electron chi connectivity index (χ0n) is 17.2. The first-order chi connectivity index (χ1) is 14.2. The van der Waals surface area contributed by atoms with E-state index in [-0.39, 0.29) is 5.91 Å². The first-order valence-corrected chi connectivity index (χ1v) is 10.0. The molecule has 1 N–H and O–H groups in total. The molecule has 0 radical (unpaired) electrons. The third-order valence-electron chi connectivity index (χ3n) is 4.24. The molecule has 0 aliphatic rings. The first-order valence-electron chi connectivity index (χ1n) is 9.63. The highest BCUT2D eigenvalue weighted by molar-refractivity contribution is 6.31. The van der Waals surface area contributed by atoms with E-state index >= 15 is 0 Å². The highest BCUT2D eigenvalue weighted by atomic mass is 35.5. The fourth-order valence-corrected chi connectivity index (χ4v) is 3.03. The van der Waals surface area contributed by atoms with Crippen molar-refractivity contribution < 1.29 is 14.3 Å². The molecule has 0 saturated carbocycles. The van der Waals surface area contributed by atoms with Gasteiger partial charge in [-0.1, -0.05) is 41.9 Å². The molecule has 3 rings (SSSR count). The van der Waals surface area contributed by atoms with Gasteiger partial charge >= 0.3 is 6.09 Å². The number of carbonyl (C=O) groups is 2. The van der Waals surface area contributed by atoms with Crippen LogP contribution in [0.4, 0.5) is 10.5 Å². The van der Waals surface area contributed by atoms with Gasteiger partial charge in [-0.15, -0.1) is 0 Å². The van der Waals surface area contributed by atoms with Crippen LogP contribution in [-0.2, 0) is 16.0 Å². The Kier molecular flexibility index (Phi) is 6.57. The molecule has 6 nitrogen and oxygen atoms in total. The van der Waals surface area contributed by atoms with Gasteiger partial charge in [0, 0.05) is 28.9 Å². The molecule has 0 aliphatic heterocycles. The largest absolute Gasteiger partial charge is 0.442 e. The molecule has 0 atom stereocenters. The minimum atomic E-state index is -0.588. The number of rotatable bonds is 5. The molecule has 0 aliphatic carbocycles. The number of halogens is 1. The fourth-order valence-electron chi connectivity index (χ4n) is 2.80. The predicted octanol–water partition coefficient (Wildman–Crippen LogP) is 5.56. The number of hydrogen-bond acceptors (Lipinski definition) is 4. The van der Waals surface area contributed by atoms with Crippen molar-refractivity contribution in [2.75, 3.05) is 5.32 Å². The van der Waals surface area contributed by atoms with Crippen molar-refractivity contribution in [1.29, 1.82) is 0 Å². The zero-order chi connectivity index (χ0) is 21.7. The van der Waals surface area contributed by atoms with E-state index in [0.717, 1.165) is 16.7 Å². The summed E-state index contributed by atoms with van der Waals surface area (Å²) < 4.78 is 6.48. The van der Waals surface area contributed by atoms with Crippen LogP contribution < -0.4 is 5.32 Å². The van der Waals surface area contributed by atoms with Crippen molar-refractivity contribution in [1.82, 2.24) is 9.78 Å². The average Bonchev–Trinajstić information content (AvgIpc) is 3.17. The molecule has 0 fully saturated rings. The number of aryl methyl sites for hydroxylation is 1. The summed E-state index contributed by atoms with van der Waals surface area (Å²) >= 11 is 6.13. The summed E-state index contributed by atoms with van der Waals surface area (Å²) in [7, 11) is 0. The van der Waals surface area contributed by atoms with Crippen molar-refractivity contribution in [2.24, 2.45) is 0 Å². The molecule has 1 heterocycles. The fraction of sp³-hybridized carbons (Fsp3) is 0.261. The van der Waals surface area contributed by atoms with E-state index in [1.54, 1.807) is 33.2 Å². The number of hydrogen-bond donors (Lipinski definition) is 1. The lowest BCUT2D eigenvalue weighted by atomic mass is 10.1. The van der Waals surface area contributed by atoms with E-state index in [1.807, 2.05) is 48.5 Å². The lowest BCUT2D eigenvalue weighted by Crippen LogP contribution is -2.27. The molecule has 156 valence electrons. The lowest BCUT2D eigenvalue weighted by molar-refractivity contribution is -0.116. The molecule has 0 bridgehead atoms. The van der Waals surface area contributed by atoms with Gasteiger partial charge in [0.15, 0.2) is 0 Å². The average molecular weight is 426 g/mol. The van der Waals surface area contributed by atoms with Crippen LogP contribution in [0.25, 0.3) is 11.1 Å². The summed E-state index contributed by atoms with van der Waals surface area (Å²) in [5, 5.41) is 7.62. The zero-order valence-corrected chi connectivity index (χ0v) is 17.9. The van der Waals surface area contributed by atoms with Gasteiger partial charge in [-0.05, 0) is 56.5 Å². The van der Waals surface area contributed by atoms with Crippen LogP contribution in [0.2, 0.25) is 5.02 Å². The van der Waals surface area contributed by atoms with Gasteiger partial charge in [0.25, 0.3) is 0 Å². The van der Waals surface area contributed by atoms with Gasteiger partial charge in [-0.25, -0.2) is 4.79 Å². The van der Waals surface area contributed by atoms with Crippen molar-refractivity contribution in [3.8, 4) is 11.1 Å². The number of amides is 1. The SMILES string of the molecule is CC(C)(C)OC(=O)n1cc(-c2ccc(NC(=O)CCc3ccccc3Cl)cc2)cn1. The molecule has 1 amide bonds. The second-order valence-electron chi connectivity index (χ2n) is 7.87. The molecule has 1 aromatic heterocycles. The summed E-state index contributed by atoms with van der Waals surface area (Å²) in [6, 6.07) is 14.9. The van der Waals surface area contributed by atoms with Gasteiger partial charge < -0.3 is 10.1 Å². The Labute approximate surface area is 180 Å². The van der Waals surface area contributed by atoms with Crippen LogP contribution in [0.1, 0.15) is 32.8 Å². The third kappa shape index (κ3) is 5.94. The Morgan fingerprint density at radius 1 is 1.07 bits per heavy atom. The van der Waals surface area contributed by atoms with Crippen molar-refractivity contribution in [3.05, 3.63) is 71.5 Å². The minimum absolute atomic E-state index is 0.0829. The van der Waals surface area contributed by atoms with Gasteiger partial charge in [0.1, 0.15) is 5.60 Å². The van der Waals surface area contributed by atoms with Crippen LogP contribution in [0.5, 0.6) is 0 Å². The van der Waals surface area contributed by atoms with Crippen LogP contribution >= 0.6 is 11.6 Å². The number of ether oxygens (including phenoxy) is 1. The third-order valence-corrected chi connectivity index (χ3v) is 4.61. The maximum absolute atomic E-state index is 12.2. The number of nitrogens with one attached hydrogen (secondary N) is 1. The Morgan fingerprint density at radius 2 is 1.77 bits per heavy atom. The molecule has 7 heteroatoms. The minimum Gasteiger partial charge on any atom is -0.442 e. The second-order valence-corrected chi connectivity index (χ2v) is 8.28. The maximum atomic E-state index is 12.2. The molecule has 30 heavy (non-hydrogen) atoms. The first kappa shape index (κ1) is 21.6. The molecule has 3 aromatic rings. The number of nitrogens with zero attached hydrogens (tertiary/aromatic N) is 2. The van der Waals surface area contributed by atoms with Crippen LogP contribution in [-0.4, -0.2) is 27.4 Å². The maximum Gasteiger partial charge on any atom is 0.435 e. The summed E-state index contributed by atoms with van der Waals surface area (Å²) in [5.74, 6) is -0.0829. The van der Waals surface area contributed by atoms with E-state index < -0.39 is 11.7 Å². The molecule has 0 spiro atoms. The van der Waals surface area contributed by atoms with Crippen LogP contribution in [0, 0.1) is 0 Å². The van der Waals surface area contributed by atoms with Crippen molar-refractivity contribution >= 4 is 29.3 Å². The second kappa shape index (κ2) is 9.13.